The summed E-state index contributed by atoms with van der Waals surface area (Å²) in [6.07, 6.45) is 1.48. The summed E-state index contributed by atoms with van der Waals surface area (Å²) in [5.41, 5.74) is 2.57. The molecule has 1 unspecified atom stereocenters. The molecule has 1 atom stereocenters. The molecule has 1 N–H and O–H groups in total. The highest BCUT2D eigenvalue weighted by atomic mass is 32.2. The van der Waals surface area contributed by atoms with E-state index in [2.05, 4.69) is 0 Å². The molecule has 0 amide bonds. The molecule has 1 heterocycles. The van der Waals surface area contributed by atoms with Crippen molar-refractivity contribution < 1.29 is 18.1 Å². The largest absolute Gasteiger partial charge is 0.492 e. The molecule has 1 aromatic rings. The van der Waals surface area contributed by atoms with Crippen molar-refractivity contribution in [3.8, 4) is 0 Å². The first kappa shape index (κ1) is 12.6. The van der Waals surface area contributed by atoms with Crippen LogP contribution in [0, 0.1) is 0 Å². The van der Waals surface area contributed by atoms with Crippen LogP contribution < -0.4 is 5.46 Å². The van der Waals surface area contributed by atoms with Gasteiger partial charge in [-0.1, -0.05) is 25.1 Å². The maximum absolute atomic E-state index is 11.3. The number of aryl methyl sites for hydroxylation is 1. The van der Waals surface area contributed by atoms with E-state index in [9.17, 15) is 13.4 Å². The lowest BCUT2D eigenvalue weighted by molar-refractivity contribution is 0.211. The van der Waals surface area contributed by atoms with Crippen LogP contribution in [-0.4, -0.2) is 32.6 Å². The Kier molecular flexibility index (Phi) is 3.29. The smallest absolute Gasteiger partial charge is 0.423 e. The summed E-state index contributed by atoms with van der Waals surface area (Å²) in [7, 11) is -4.14. The van der Waals surface area contributed by atoms with Gasteiger partial charge in [-0.05, 0) is 23.0 Å². The van der Waals surface area contributed by atoms with Gasteiger partial charge < -0.3 is 9.68 Å². The SMILES string of the molecule is CCc1ccc2c(c1)B(O)OC2CS(C)(=O)=O. The van der Waals surface area contributed by atoms with Gasteiger partial charge in [-0.3, -0.25) is 0 Å². The Bertz CT molecular complexity index is 526. The van der Waals surface area contributed by atoms with Gasteiger partial charge in [-0.2, -0.15) is 0 Å². The molecule has 6 heteroatoms. The third-order valence-corrected chi connectivity index (χ3v) is 3.83. The fourth-order valence-corrected chi connectivity index (χ4v) is 2.87. The first-order valence-electron chi connectivity index (χ1n) is 5.54. The van der Waals surface area contributed by atoms with Gasteiger partial charge in [0.05, 0.1) is 11.9 Å². The molecule has 1 aliphatic rings. The lowest BCUT2D eigenvalue weighted by Gasteiger charge is -2.10. The summed E-state index contributed by atoms with van der Waals surface area (Å²) >= 11 is 0. The fraction of sp³-hybridized carbons (Fsp3) is 0.455. The van der Waals surface area contributed by atoms with Crippen molar-refractivity contribution in [1.82, 2.24) is 0 Å². The van der Waals surface area contributed by atoms with Crippen molar-refractivity contribution in [3.05, 3.63) is 29.3 Å². The minimum atomic E-state index is -3.13. The van der Waals surface area contributed by atoms with E-state index >= 15 is 0 Å². The molecule has 2 rings (SSSR count). The molecule has 1 aliphatic heterocycles. The van der Waals surface area contributed by atoms with Crippen molar-refractivity contribution in [2.24, 2.45) is 0 Å². The highest BCUT2D eigenvalue weighted by molar-refractivity contribution is 7.90. The molecule has 0 bridgehead atoms. The average molecular weight is 254 g/mol. The third kappa shape index (κ3) is 2.70. The van der Waals surface area contributed by atoms with Crippen molar-refractivity contribution >= 4 is 22.4 Å². The Morgan fingerprint density at radius 1 is 1.47 bits per heavy atom. The van der Waals surface area contributed by atoms with Gasteiger partial charge in [0.15, 0.2) is 0 Å². The summed E-state index contributed by atoms with van der Waals surface area (Å²) in [6.45, 7) is 2.03. The van der Waals surface area contributed by atoms with E-state index in [4.69, 9.17) is 4.65 Å². The van der Waals surface area contributed by atoms with Gasteiger partial charge in [-0.25, -0.2) is 8.42 Å². The molecule has 0 saturated heterocycles. The number of rotatable bonds is 3. The molecular formula is C11H15BO4S. The predicted molar refractivity (Wildman–Crippen MR) is 67.0 cm³/mol. The summed E-state index contributed by atoms with van der Waals surface area (Å²) in [6, 6.07) is 5.66. The standard InChI is InChI=1S/C11H15BO4S/c1-3-8-4-5-9-10(6-8)12(13)16-11(9)7-17(2,14)15/h4-6,11,13H,3,7H2,1-2H3. The van der Waals surface area contributed by atoms with Crippen molar-refractivity contribution in [2.45, 2.75) is 19.4 Å². The number of hydrogen-bond donors (Lipinski definition) is 1. The number of hydrogen-bond acceptors (Lipinski definition) is 4. The maximum atomic E-state index is 11.3. The van der Waals surface area contributed by atoms with E-state index < -0.39 is 23.1 Å². The Hall–Kier alpha value is -0.845. The van der Waals surface area contributed by atoms with Gasteiger partial charge in [0.25, 0.3) is 0 Å². The van der Waals surface area contributed by atoms with Crippen LogP contribution >= 0.6 is 0 Å². The van der Waals surface area contributed by atoms with Crippen LogP contribution in [0.2, 0.25) is 0 Å². The highest BCUT2D eigenvalue weighted by Gasteiger charge is 2.36. The molecule has 4 nitrogen and oxygen atoms in total. The van der Waals surface area contributed by atoms with Gasteiger partial charge in [-0.15, -0.1) is 0 Å². The lowest BCUT2D eigenvalue weighted by atomic mass is 9.78. The first-order valence-corrected chi connectivity index (χ1v) is 7.60. The van der Waals surface area contributed by atoms with Crippen LogP contribution in [-0.2, 0) is 20.9 Å². The molecule has 0 saturated carbocycles. The van der Waals surface area contributed by atoms with Gasteiger partial charge in [0.2, 0.25) is 0 Å². The van der Waals surface area contributed by atoms with Crippen LogP contribution in [0.4, 0.5) is 0 Å². The Labute approximate surface area is 102 Å². The monoisotopic (exact) mass is 254 g/mol. The number of benzene rings is 1. The fourth-order valence-electron chi connectivity index (χ4n) is 2.06. The van der Waals surface area contributed by atoms with Crippen LogP contribution in [0.5, 0.6) is 0 Å². The molecule has 0 spiro atoms. The molecule has 1 aromatic carbocycles. The third-order valence-electron chi connectivity index (χ3n) is 2.92. The Morgan fingerprint density at radius 2 is 2.18 bits per heavy atom. The van der Waals surface area contributed by atoms with Crippen LogP contribution in [0.1, 0.15) is 24.2 Å². The molecule has 0 aromatic heterocycles. The van der Waals surface area contributed by atoms with Crippen LogP contribution in [0.25, 0.3) is 0 Å². The second kappa shape index (κ2) is 4.44. The summed E-state index contributed by atoms with van der Waals surface area (Å²) in [5.74, 6) is -0.0947. The second-order valence-electron chi connectivity index (χ2n) is 4.39. The summed E-state index contributed by atoms with van der Waals surface area (Å²) in [4.78, 5) is 0. The molecular weight excluding hydrogens is 239 g/mol. The Balaban J connectivity index is 2.35. The van der Waals surface area contributed by atoms with E-state index in [-0.39, 0.29) is 5.75 Å². The zero-order valence-electron chi connectivity index (χ0n) is 9.88. The zero-order chi connectivity index (χ0) is 12.6. The number of fused-ring (bicyclic) bond motifs is 1. The highest BCUT2D eigenvalue weighted by Crippen LogP contribution is 2.25. The average Bonchev–Trinajstić information content (AvgIpc) is 2.53. The topological polar surface area (TPSA) is 63.6 Å². The van der Waals surface area contributed by atoms with Crippen molar-refractivity contribution in [2.75, 3.05) is 12.0 Å². The predicted octanol–water partition coefficient (Wildman–Crippen LogP) is 0.0524. The lowest BCUT2D eigenvalue weighted by Crippen LogP contribution is -2.28. The Morgan fingerprint density at radius 3 is 2.76 bits per heavy atom. The quantitative estimate of drug-likeness (QED) is 0.774. The summed E-state index contributed by atoms with van der Waals surface area (Å²) in [5, 5.41) is 9.75. The maximum Gasteiger partial charge on any atom is 0.492 e. The van der Waals surface area contributed by atoms with Crippen molar-refractivity contribution in [3.63, 3.8) is 0 Å². The van der Waals surface area contributed by atoms with E-state index in [1.54, 1.807) is 0 Å². The molecule has 0 aliphatic carbocycles. The summed E-state index contributed by atoms with van der Waals surface area (Å²) < 4.78 is 27.8. The molecule has 0 radical (unpaired) electrons. The normalized spacial score (nSPS) is 19.5. The van der Waals surface area contributed by atoms with E-state index in [1.165, 1.54) is 6.26 Å². The zero-order valence-corrected chi connectivity index (χ0v) is 10.7. The van der Waals surface area contributed by atoms with E-state index in [0.717, 1.165) is 17.5 Å². The van der Waals surface area contributed by atoms with E-state index in [0.29, 0.717) is 5.46 Å². The van der Waals surface area contributed by atoms with Gasteiger partial charge >= 0.3 is 7.12 Å². The minimum absolute atomic E-state index is 0.0947. The van der Waals surface area contributed by atoms with Crippen LogP contribution in [0.3, 0.4) is 0 Å². The van der Waals surface area contributed by atoms with Gasteiger partial charge in [0.1, 0.15) is 9.84 Å². The first-order chi connectivity index (χ1) is 7.90. The van der Waals surface area contributed by atoms with Crippen molar-refractivity contribution in [1.29, 1.82) is 0 Å². The van der Waals surface area contributed by atoms with Gasteiger partial charge in [0, 0.05) is 6.26 Å². The molecule has 92 valence electrons. The van der Waals surface area contributed by atoms with E-state index in [1.807, 2.05) is 25.1 Å². The second-order valence-corrected chi connectivity index (χ2v) is 6.57. The molecule has 17 heavy (non-hydrogen) atoms. The minimum Gasteiger partial charge on any atom is -0.423 e. The molecule has 0 fully saturated rings. The van der Waals surface area contributed by atoms with Crippen LogP contribution in [0.15, 0.2) is 18.2 Å². The number of sulfone groups is 1.